The predicted octanol–water partition coefficient (Wildman–Crippen LogP) is 3.86. The van der Waals surface area contributed by atoms with Crippen molar-refractivity contribution in [3.63, 3.8) is 0 Å². The molecule has 2 aromatic carbocycles. The molecule has 8 nitrogen and oxygen atoms in total. The third kappa shape index (κ3) is 6.05. The molecule has 0 saturated carbocycles. The van der Waals surface area contributed by atoms with Crippen LogP contribution in [0.1, 0.15) is 55.1 Å². The Morgan fingerprint density at radius 3 is 2.26 bits per heavy atom. The zero-order chi connectivity index (χ0) is 23.4. The van der Waals surface area contributed by atoms with Crippen molar-refractivity contribution in [2.75, 3.05) is 5.32 Å². The zero-order valence-corrected chi connectivity index (χ0v) is 18.7. The summed E-state index contributed by atoms with van der Waals surface area (Å²) in [5.41, 5.74) is -0.492. The summed E-state index contributed by atoms with van der Waals surface area (Å²) < 4.78 is 31.4. The fourth-order valence-corrected chi connectivity index (χ4v) is 4.61. The smallest absolute Gasteiger partial charge is 0.339 e. The fourth-order valence-electron chi connectivity index (χ4n) is 3.37. The molecular weight excluding hydrogens is 422 g/mol. The highest BCUT2D eigenvalue weighted by Gasteiger charge is 2.35. The van der Waals surface area contributed by atoms with E-state index in [2.05, 4.69) is 5.32 Å². The highest BCUT2D eigenvalue weighted by molar-refractivity contribution is 7.86. The van der Waals surface area contributed by atoms with Gasteiger partial charge in [-0.1, -0.05) is 31.0 Å². The number of nitrogens with one attached hydrogen (secondary N) is 1. The minimum Gasteiger partial charge on any atom is -0.507 e. The molecular formula is C22H27NO7S. The van der Waals surface area contributed by atoms with Gasteiger partial charge in [0.2, 0.25) is 5.91 Å². The van der Waals surface area contributed by atoms with Crippen molar-refractivity contribution >= 4 is 27.7 Å². The summed E-state index contributed by atoms with van der Waals surface area (Å²) in [7, 11) is -4.14. The van der Waals surface area contributed by atoms with E-state index in [1.54, 1.807) is 19.1 Å². The third-order valence-electron chi connectivity index (χ3n) is 4.77. The van der Waals surface area contributed by atoms with Gasteiger partial charge in [0, 0.05) is 24.6 Å². The van der Waals surface area contributed by atoms with Crippen molar-refractivity contribution in [3.05, 3.63) is 53.1 Å². The number of hydrogen-bond donors (Lipinski definition) is 3. The van der Waals surface area contributed by atoms with Gasteiger partial charge in [0.15, 0.2) is 0 Å². The second-order valence-corrected chi connectivity index (χ2v) is 9.25. The van der Waals surface area contributed by atoms with Crippen LogP contribution < -0.4 is 5.32 Å². The lowest BCUT2D eigenvalue weighted by atomic mass is 9.89. The molecule has 2 rings (SSSR count). The Bertz CT molecular complexity index is 1080. The lowest BCUT2D eigenvalue weighted by Crippen LogP contribution is -2.34. The average Bonchev–Trinajstić information content (AvgIpc) is 2.64. The first kappa shape index (κ1) is 24.4. The number of hydrogen-bond acceptors (Lipinski definition) is 6. The van der Waals surface area contributed by atoms with Crippen molar-refractivity contribution in [2.24, 2.45) is 0 Å². The number of aromatic carboxylic acids is 1. The van der Waals surface area contributed by atoms with Gasteiger partial charge in [0.05, 0.1) is 10.5 Å². The Hall–Kier alpha value is -2.91. The Labute approximate surface area is 182 Å². The molecule has 0 aliphatic rings. The van der Waals surface area contributed by atoms with Gasteiger partial charge in [-0.15, -0.1) is 0 Å². The van der Waals surface area contributed by atoms with E-state index in [1.807, 2.05) is 13.8 Å². The normalized spacial score (nSPS) is 13.4. The molecule has 0 bridgehead atoms. The van der Waals surface area contributed by atoms with Crippen LogP contribution in [0.15, 0.2) is 41.3 Å². The van der Waals surface area contributed by atoms with Crippen LogP contribution in [0.2, 0.25) is 0 Å². The minimum atomic E-state index is -4.14. The molecule has 0 spiro atoms. The number of aryl methyl sites for hydroxylation is 1. The molecule has 9 heteroatoms. The van der Waals surface area contributed by atoms with E-state index in [-0.39, 0.29) is 28.1 Å². The molecule has 31 heavy (non-hydrogen) atoms. The maximum absolute atomic E-state index is 12.9. The molecule has 2 aromatic rings. The molecule has 1 atom stereocenters. The SMILES string of the molecule is CCCC(C)(Cc1c(NC(C)=O)ccc(C(=O)O)c1O)OS(=O)(=O)c1ccc(C)cc1. The minimum absolute atomic E-state index is 0.00831. The molecule has 0 heterocycles. The molecule has 0 radical (unpaired) electrons. The van der Waals surface area contributed by atoms with Gasteiger partial charge in [-0.05, 0) is 44.5 Å². The summed E-state index contributed by atoms with van der Waals surface area (Å²) >= 11 is 0. The number of carbonyl (C=O) groups excluding carboxylic acids is 1. The van der Waals surface area contributed by atoms with Crippen LogP contribution in [0.5, 0.6) is 5.75 Å². The van der Waals surface area contributed by atoms with Crippen LogP contribution in [-0.2, 0) is 25.5 Å². The molecule has 1 unspecified atom stereocenters. The van der Waals surface area contributed by atoms with Crippen LogP contribution in [-0.4, -0.2) is 36.1 Å². The first-order chi connectivity index (χ1) is 14.4. The maximum atomic E-state index is 12.9. The van der Waals surface area contributed by atoms with Gasteiger partial charge in [0.25, 0.3) is 10.1 Å². The second-order valence-electron chi connectivity index (χ2n) is 7.70. The molecule has 0 aliphatic carbocycles. The highest BCUT2D eigenvalue weighted by Crippen LogP contribution is 2.37. The van der Waals surface area contributed by atoms with Crippen molar-refractivity contribution < 1.29 is 32.4 Å². The van der Waals surface area contributed by atoms with E-state index < -0.39 is 33.3 Å². The molecule has 0 fully saturated rings. The van der Waals surface area contributed by atoms with Crippen molar-refractivity contribution in [2.45, 2.75) is 57.5 Å². The van der Waals surface area contributed by atoms with E-state index >= 15 is 0 Å². The van der Waals surface area contributed by atoms with E-state index in [9.17, 15) is 28.2 Å². The molecule has 168 valence electrons. The topological polar surface area (TPSA) is 130 Å². The van der Waals surface area contributed by atoms with Crippen molar-refractivity contribution in [1.29, 1.82) is 0 Å². The summed E-state index contributed by atoms with van der Waals surface area (Å²) in [6.07, 6.45) is 0.720. The van der Waals surface area contributed by atoms with E-state index in [4.69, 9.17) is 4.18 Å². The van der Waals surface area contributed by atoms with E-state index in [0.717, 1.165) is 5.56 Å². The molecule has 0 aliphatic heterocycles. The van der Waals surface area contributed by atoms with Gasteiger partial charge < -0.3 is 15.5 Å². The quantitative estimate of drug-likeness (QED) is 0.496. The van der Waals surface area contributed by atoms with Crippen LogP contribution in [0.25, 0.3) is 0 Å². The average molecular weight is 450 g/mol. The number of rotatable bonds is 9. The Morgan fingerprint density at radius 1 is 1.13 bits per heavy atom. The van der Waals surface area contributed by atoms with Crippen LogP contribution in [0, 0.1) is 6.92 Å². The number of aromatic hydroxyl groups is 1. The fraction of sp³-hybridized carbons (Fsp3) is 0.364. The van der Waals surface area contributed by atoms with Crippen molar-refractivity contribution in [1.82, 2.24) is 0 Å². The molecule has 3 N–H and O–H groups in total. The summed E-state index contributed by atoms with van der Waals surface area (Å²) in [5, 5.41) is 22.5. The number of amides is 1. The number of carboxylic acids is 1. The predicted molar refractivity (Wildman–Crippen MR) is 116 cm³/mol. The monoisotopic (exact) mass is 449 g/mol. The number of benzene rings is 2. The van der Waals surface area contributed by atoms with E-state index in [0.29, 0.717) is 12.8 Å². The summed E-state index contributed by atoms with van der Waals surface area (Å²) in [5.74, 6) is -2.31. The zero-order valence-electron chi connectivity index (χ0n) is 17.9. The van der Waals surface area contributed by atoms with E-state index in [1.165, 1.54) is 31.2 Å². The van der Waals surface area contributed by atoms with Gasteiger partial charge in [-0.25, -0.2) is 4.79 Å². The first-order valence-corrected chi connectivity index (χ1v) is 11.2. The standard InChI is InChI=1S/C22H27NO7S/c1-5-12-22(4,30-31(28,29)16-8-6-14(2)7-9-16)13-18-19(23-15(3)24)11-10-17(20(18)25)21(26)27/h6-11,25H,5,12-13H2,1-4H3,(H,23,24)(H,26,27). The van der Waals surface area contributed by atoms with Gasteiger partial charge in [0.1, 0.15) is 11.3 Å². The highest BCUT2D eigenvalue weighted by atomic mass is 32.2. The van der Waals surface area contributed by atoms with Crippen LogP contribution in [0.3, 0.4) is 0 Å². The summed E-state index contributed by atoms with van der Waals surface area (Å²) in [6.45, 7) is 6.53. The molecule has 0 saturated heterocycles. The number of phenols is 1. The number of carboxylic acid groups (broad SMARTS) is 1. The van der Waals surface area contributed by atoms with Gasteiger partial charge in [-0.2, -0.15) is 8.42 Å². The lowest BCUT2D eigenvalue weighted by Gasteiger charge is -2.30. The second kappa shape index (κ2) is 9.49. The summed E-state index contributed by atoms with van der Waals surface area (Å²) in [4.78, 5) is 23.0. The number of carbonyl (C=O) groups is 2. The largest absolute Gasteiger partial charge is 0.507 e. The maximum Gasteiger partial charge on any atom is 0.339 e. The Kier molecular flexibility index (Phi) is 7.45. The summed E-state index contributed by atoms with van der Waals surface area (Å²) in [6, 6.07) is 8.74. The van der Waals surface area contributed by atoms with Crippen LogP contribution >= 0.6 is 0 Å². The lowest BCUT2D eigenvalue weighted by molar-refractivity contribution is -0.114. The van der Waals surface area contributed by atoms with Gasteiger partial charge in [-0.3, -0.25) is 8.98 Å². The van der Waals surface area contributed by atoms with Gasteiger partial charge >= 0.3 is 5.97 Å². The van der Waals surface area contributed by atoms with Crippen LogP contribution in [0.4, 0.5) is 5.69 Å². The third-order valence-corrected chi connectivity index (χ3v) is 6.25. The number of anilines is 1. The molecule has 1 amide bonds. The Morgan fingerprint density at radius 2 is 1.74 bits per heavy atom. The van der Waals surface area contributed by atoms with Crippen molar-refractivity contribution in [3.8, 4) is 5.75 Å². The molecule has 0 aromatic heterocycles. The Balaban J connectivity index is 2.52. The first-order valence-electron chi connectivity index (χ1n) is 9.76.